The molecule has 1 aromatic carbocycles. The van der Waals surface area contributed by atoms with E-state index in [0.717, 1.165) is 61.0 Å². The predicted molar refractivity (Wildman–Crippen MR) is 139 cm³/mol. The first-order valence-corrected chi connectivity index (χ1v) is 13.4. The minimum Gasteiger partial charge on any atom is -0.493 e. The molecule has 37 heavy (non-hydrogen) atoms. The van der Waals surface area contributed by atoms with Gasteiger partial charge in [-0.05, 0) is 51.0 Å². The summed E-state index contributed by atoms with van der Waals surface area (Å²) in [4.78, 5) is 32.9. The van der Waals surface area contributed by atoms with Crippen LogP contribution in [0.2, 0.25) is 0 Å². The van der Waals surface area contributed by atoms with Gasteiger partial charge in [0.2, 0.25) is 5.91 Å². The van der Waals surface area contributed by atoms with E-state index in [-0.39, 0.29) is 28.7 Å². The molecule has 9 heteroatoms. The summed E-state index contributed by atoms with van der Waals surface area (Å²) in [6, 6.07) is 8.34. The molecule has 2 saturated heterocycles. The van der Waals surface area contributed by atoms with Crippen LogP contribution >= 0.6 is 0 Å². The van der Waals surface area contributed by atoms with Crippen LogP contribution in [0.4, 0.5) is 4.79 Å². The molecule has 196 valence electrons. The first kappa shape index (κ1) is 24.0. The van der Waals surface area contributed by atoms with Gasteiger partial charge in [-0.1, -0.05) is 6.08 Å². The maximum atomic E-state index is 12.4. The maximum absolute atomic E-state index is 12.4. The Hall–Kier alpha value is -3.36. The summed E-state index contributed by atoms with van der Waals surface area (Å²) in [5.41, 5.74) is 1.96. The van der Waals surface area contributed by atoms with Crippen molar-refractivity contribution in [1.29, 1.82) is 0 Å². The third-order valence-electron chi connectivity index (χ3n) is 8.64. The van der Waals surface area contributed by atoms with E-state index < -0.39 is 0 Å². The standard InChI is InChI=1S/C28H36N6O3/c1-4-29-26(36)33-9-7-28(18-33)8-10-34-24(28)13-23(31-34)27(2)14-20-12-21(5-6-22(20)30-17-27)37-16-19-11-25(35)32(3)15-19/h5-6,12-14,19H,4,7-11,15-18H2,1-3H3,(H,29,36). The molecular weight excluding hydrogens is 468 g/mol. The second kappa shape index (κ2) is 8.89. The number of aryl methyl sites for hydroxylation is 1. The van der Waals surface area contributed by atoms with Gasteiger partial charge in [-0.3, -0.25) is 14.5 Å². The highest BCUT2D eigenvalue weighted by atomic mass is 16.5. The van der Waals surface area contributed by atoms with Crippen molar-refractivity contribution >= 4 is 18.0 Å². The van der Waals surface area contributed by atoms with Gasteiger partial charge in [0, 0.05) is 68.4 Å². The molecule has 4 aliphatic heterocycles. The van der Waals surface area contributed by atoms with Crippen LogP contribution < -0.4 is 20.6 Å². The number of aromatic nitrogens is 2. The van der Waals surface area contributed by atoms with Gasteiger partial charge in [0.15, 0.2) is 0 Å². The first-order valence-electron chi connectivity index (χ1n) is 13.4. The van der Waals surface area contributed by atoms with Gasteiger partial charge in [0.05, 0.1) is 29.6 Å². The van der Waals surface area contributed by atoms with Crippen molar-refractivity contribution < 1.29 is 14.3 Å². The van der Waals surface area contributed by atoms with Crippen LogP contribution in [0.3, 0.4) is 0 Å². The van der Waals surface area contributed by atoms with E-state index in [1.165, 1.54) is 5.69 Å². The molecule has 5 heterocycles. The largest absolute Gasteiger partial charge is 0.493 e. The molecule has 1 N–H and O–H groups in total. The molecule has 2 fully saturated rings. The van der Waals surface area contributed by atoms with Crippen LogP contribution in [0.5, 0.6) is 5.75 Å². The van der Waals surface area contributed by atoms with E-state index in [1.54, 1.807) is 4.90 Å². The quantitative estimate of drug-likeness (QED) is 0.662. The van der Waals surface area contributed by atoms with Gasteiger partial charge in [0.25, 0.3) is 0 Å². The highest BCUT2D eigenvalue weighted by molar-refractivity contribution is 5.78. The SMILES string of the molecule is CCNC(=O)N1CCC2(CCn3nc(C4(C)C=c5cc(OCC6CC(=O)N(C)C6)ccc5=NC4)cc32)C1. The summed E-state index contributed by atoms with van der Waals surface area (Å²) in [5.74, 6) is 1.22. The molecular formula is C28H36N6O3. The molecule has 0 radical (unpaired) electrons. The summed E-state index contributed by atoms with van der Waals surface area (Å²) >= 11 is 0. The van der Waals surface area contributed by atoms with Gasteiger partial charge in [-0.2, -0.15) is 5.10 Å². The first-order chi connectivity index (χ1) is 17.8. The molecule has 4 aliphatic rings. The third-order valence-corrected chi connectivity index (χ3v) is 8.64. The van der Waals surface area contributed by atoms with E-state index in [9.17, 15) is 9.59 Å². The maximum Gasteiger partial charge on any atom is 0.317 e. The van der Waals surface area contributed by atoms with E-state index in [0.29, 0.717) is 26.1 Å². The molecule has 1 spiro atoms. The van der Waals surface area contributed by atoms with Crippen molar-refractivity contribution in [3.05, 3.63) is 46.2 Å². The zero-order chi connectivity index (χ0) is 25.8. The number of benzene rings is 1. The number of nitrogens with zero attached hydrogens (tertiary/aromatic N) is 5. The fourth-order valence-electron chi connectivity index (χ4n) is 6.42. The molecule has 6 rings (SSSR count). The number of carbonyl (C=O) groups excluding carboxylic acids is 2. The number of rotatable bonds is 5. The van der Waals surface area contributed by atoms with Gasteiger partial charge >= 0.3 is 6.03 Å². The summed E-state index contributed by atoms with van der Waals surface area (Å²) in [7, 11) is 1.85. The molecule has 1 aromatic heterocycles. The average Bonchev–Trinajstić information content (AvgIpc) is 3.64. The lowest BCUT2D eigenvalue weighted by molar-refractivity contribution is -0.126. The Bertz CT molecular complexity index is 1370. The van der Waals surface area contributed by atoms with Crippen LogP contribution in [0, 0.1) is 5.92 Å². The van der Waals surface area contributed by atoms with Crippen LogP contribution in [-0.2, 0) is 22.2 Å². The second-order valence-corrected chi connectivity index (χ2v) is 11.4. The monoisotopic (exact) mass is 504 g/mol. The summed E-state index contributed by atoms with van der Waals surface area (Å²) in [6.45, 7) is 9.15. The summed E-state index contributed by atoms with van der Waals surface area (Å²) < 4.78 is 8.25. The zero-order valence-corrected chi connectivity index (χ0v) is 22.0. The Morgan fingerprint density at radius 1 is 1.24 bits per heavy atom. The van der Waals surface area contributed by atoms with Crippen molar-refractivity contribution in [3.63, 3.8) is 0 Å². The molecule has 3 atom stereocenters. The van der Waals surface area contributed by atoms with Crippen molar-refractivity contribution in [2.24, 2.45) is 10.9 Å². The smallest absolute Gasteiger partial charge is 0.317 e. The van der Waals surface area contributed by atoms with Crippen molar-refractivity contribution in [1.82, 2.24) is 24.9 Å². The lowest BCUT2D eigenvalue weighted by atomic mass is 9.80. The van der Waals surface area contributed by atoms with Crippen molar-refractivity contribution in [2.45, 2.75) is 50.5 Å². The Morgan fingerprint density at radius 2 is 2.08 bits per heavy atom. The summed E-state index contributed by atoms with van der Waals surface area (Å²) in [6.07, 6.45) is 4.83. The fraction of sp³-hybridized carbons (Fsp3) is 0.571. The molecule has 0 saturated carbocycles. The predicted octanol–water partition coefficient (Wildman–Crippen LogP) is 1.19. The zero-order valence-electron chi connectivity index (χ0n) is 22.0. The average molecular weight is 505 g/mol. The van der Waals surface area contributed by atoms with E-state index >= 15 is 0 Å². The molecule has 0 aliphatic carbocycles. The highest BCUT2D eigenvalue weighted by Gasteiger charge is 2.47. The van der Waals surface area contributed by atoms with Crippen LogP contribution in [0.25, 0.3) is 6.08 Å². The lowest BCUT2D eigenvalue weighted by Crippen LogP contribution is -2.40. The Balaban J connectivity index is 1.22. The highest BCUT2D eigenvalue weighted by Crippen LogP contribution is 2.44. The summed E-state index contributed by atoms with van der Waals surface area (Å²) in [5, 5.41) is 10.0. The number of amides is 3. The molecule has 3 unspecified atom stereocenters. The molecule has 3 amide bonds. The van der Waals surface area contributed by atoms with Crippen molar-refractivity contribution in [3.8, 4) is 5.75 Å². The second-order valence-electron chi connectivity index (χ2n) is 11.4. The van der Waals surface area contributed by atoms with Gasteiger partial charge in [-0.25, -0.2) is 4.79 Å². The number of nitrogens with one attached hydrogen (secondary N) is 1. The van der Waals surface area contributed by atoms with E-state index in [1.807, 2.05) is 31.0 Å². The Morgan fingerprint density at radius 3 is 2.86 bits per heavy atom. The van der Waals surface area contributed by atoms with Crippen LogP contribution in [-0.4, -0.2) is 77.9 Å². The molecule has 9 nitrogen and oxygen atoms in total. The number of carbonyl (C=O) groups is 2. The van der Waals surface area contributed by atoms with E-state index in [2.05, 4.69) is 35.1 Å². The number of likely N-dealkylation sites (tertiary alicyclic amines) is 2. The lowest BCUT2D eigenvalue weighted by Gasteiger charge is -2.26. The number of ether oxygens (including phenoxy) is 1. The fourth-order valence-corrected chi connectivity index (χ4v) is 6.42. The third kappa shape index (κ3) is 4.18. The Kier molecular flexibility index (Phi) is 5.76. The van der Waals surface area contributed by atoms with Crippen LogP contribution in [0.1, 0.15) is 44.5 Å². The number of hydrogen-bond acceptors (Lipinski definition) is 5. The van der Waals surface area contributed by atoms with Gasteiger partial charge < -0.3 is 19.9 Å². The van der Waals surface area contributed by atoms with Gasteiger partial charge in [0.1, 0.15) is 5.75 Å². The Labute approximate surface area is 217 Å². The molecule has 0 bridgehead atoms. The van der Waals surface area contributed by atoms with Gasteiger partial charge in [-0.15, -0.1) is 0 Å². The van der Waals surface area contributed by atoms with E-state index in [4.69, 9.17) is 14.8 Å². The number of urea groups is 1. The minimum atomic E-state index is -0.317. The minimum absolute atomic E-state index is 0.00684. The van der Waals surface area contributed by atoms with Crippen LogP contribution in [0.15, 0.2) is 29.3 Å². The molecule has 2 aromatic rings. The topological polar surface area (TPSA) is 92.1 Å². The normalized spacial score (nSPS) is 28.2. The number of hydrogen-bond donors (Lipinski definition) is 1. The van der Waals surface area contributed by atoms with Crippen molar-refractivity contribution in [2.75, 3.05) is 46.4 Å². The number of fused-ring (bicyclic) bond motifs is 3.